The molecule has 1 N–H and O–H groups in total. The number of aromatic nitrogens is 2. The first-order chi connectivity index (χ1) is 15.6. The number of pyridine rings is 1. The molecule has 0 aliphatic rings. The first kappa shape index (κ1) is 20.6. The van der Waals surface area contributed by atoms with E-state index in [2.05, 4.69) is 104 Å². The van der Waals surface area contributed by atoms with E-state index in [1.807, 2.05) is 36.4 Å². The van der Waals surface area contributed by atoms with Crippen molar-refractivity contribution in [2.24, 2.45) is 0 Å². The molecule has 0 aliphatic heterocycles. The molecule has 0 atom stereocenters. The highest BCUT2D eigenvalue weighted by Gasteiger charge is 2.30. The smallest absolute Gasteiger partial charge is 0.299 e. The number of fused-ring (bicyclic) bond motifs is 1. The summed E-state index contributed by atoms with van der Waals surface area (Å²) in [5, 5.41) is 3.44. The zero-order valence-electron chi connectivity index (χ0n) is 17.5. The van der Waals surface area contributed by atoms with Gasteiger partial charge in [-0.3, -0.25) is 0 Å². The van der Waals surface area contributed by atoms with Crippen LogP contribution < -0.4 is 9.72 Å². The fourth-order valence-electron chi connectivity index (χ4n) is 3.89. The lowest BCUT2D eigenvalue weighted by Crippen LogP contribution is -2.22. The molecule has 0 amide bonds. The molecule has 3 aromatic carbocycles. The molecule has 0 saturated carbocycles. The molecular formula is C27H21BrN3S+. The second kappa shape index (κ2) is 8.69. The Bertz CT molecular complexity index is 1410. The molecule has 0 fully saturated rings. The van der Waals surface area contributed by atoms with Crippen LogP contribution in [-0.2, 0) is 0 Å². The highest BCUT2D eigenvalue weighted by Crippen LogP contribution is 2.27. The third kappa shape index (κ3) is 3.85. The van der Waals surface area contributed by atoms with Gasteiger partial charge in [0.05, 0.1) is 11.8 Å². The van der Waals surface area contributed by atoms with Crippen molar-refractivity contribution in [1.82, 2.24) is 4.57 Å². The Morgan fingerprint density at radius 1 is 0.844 bits per heavy atom. The molecule has 0 radical (unpaired) electrons. The van der Waals surface area contributed by atoms with Crippen LogP contribution in [0.3, 0.4) is 0 Å². The summed E-state index contributed by atoms with van der Waals surface area (Å²) in [6.45, 7) is 2.10. The van der Waals surface area contributed by atoms with Crippen LogP contribution in [-0.4, -0.2) is 9.56 Å². The summed E-state index contributed by atoms with van der Waals surface area (Å²) in [6, 6.07) is 33.3. The van der Waals surface area contributed by atoms with E-state index in [-0.39, 0.29) is 0 Å². The van der Waals surface area contributed by atoms with Gasteiger partial charge in [0, 0.05) is 10.2 Å². The lowest BCUT2D eigenvalue weighted by Gasteiger charge is -2.09. The van der Waals surface area contributed by atoms with Crippen LogP contribution in [0.25, 0.3) is 22.6 Å². The molecule has 2 aromatic heterocycles. The molecule has 0 unspecified atom stereocenters. The second-order valence-corrected chi connectivity index (χ2v) is 8.95. The molecule has 0 bridgehead atoms. The van der Waals surface area contributed by atoms with Gasteiger partial charge in [-0.15, -0.1) is 0 Å². The van der Waals surface area contributed by atoms with Gasteiger partial charge in [-0.25, -0.2) is 0 Å². The minimum Gasteiger partial charge on any atom is -0.343 e. The quantitative estimate of drug-likeness (QED) is 0.218. The first-order valence-corrected chi connectivity index (χ1v) is 11.6. The lowest BCUT2D eigenvalue weighted by molar-refractivity contribution is -0.499. The molecule has 0 aliphatic carbocycles. The van der Waals surface area contributed by atoms with Crippen LogP contribution in [0.5, 0.6) is 0 Å². The Kier molecular flexibility index (Phi) is 5.60. The monoisotopic (exact) mass is 498 g/mol. The van der Waals surface area contributed by atoms with Crippen LogP contribution in [0, 0.1) is 6.92 Å². The number of rotatable bonds is 4. The Balaban J connectivity index is 1.78. The maximum atomic E-state index is 5.98. The van der Waals surface area contributed by atoms with Crippen molar-refractivity contribution in [2.75, 3.05) is 5.32 Å². The van der Waals surface area contributed by atoms with Crippen LogP contribution in [0.2, 0.25) is 0 Å². The maximum absolute atomic E-state index is 5.98. The number of hydrogen-bond donors (Lipinski definition) is 1. The number of imidazole rings is 1. The van der Waals surface area contributed by atoms with Crippen LogP contribution in [0.4, 0.5) is 5.69 Å². The highest BCUT2D eigenvalue weighted by atomic mass is 79.9. The molecular weight excluding hydrogens is 478 g/mol. The number of anilines is 1. The van der Waals surface area contributed by atoms with Crippen molar-refractivity contribution in [1.29, 1.82) is 0 Å². The van der Waals surface area contributed by atoms with Gasteiger partial charge in [-0.05, 0) is 67.6 Å². The summed E-state index contributed by atoms with van der Waals surface area (Å²) in [6.07, 6.45) is 2.09. The van der Waals surface area contributed by atoms with Gasteiger partial charge >= 0.3 is 0 Å². The predicted molar refractivity (Wildman–Crippen MR) is 139 cm³/mol. The SMILES string of the molecule is Cc1ccc(-n2c(C(=S)Nc3ccc(Br)cc3)c3cccc[n+]3c2-c2ccccc2)cc1. The van der Waals surface area contributed by atoms with E-state index in [0.29, 0.717) is 4.99 Å². The average molecular weight is 499 g/mol. The van der Waals surface area contributed by atoms with Gasteiger partial charge in [0.1, 0.15) is 5.69 Å². The van der Waals surface area contributed by atoms with Crippen molar-refractivity contribution in [3.05, 3.63) is 119 Å². The lowest BCUT2D eigenvalue weighted by atomic mass is 10.2. The Morgan fingerprint density at radius 3 is 2.25 bits per heavy atom. The minimum absolute atomic E-state index is 0.666. The highest BCUT2D eigenvalue weighted by molar-refractivity contribution is 9.10. The van der Waals surface area contributed by atoms with Crippen molar-refractivity contribution >= 4 is 44.3 Å². The van der Waals surface area contributed by atoms with Crippen molar-refractivity contribution in [3.8, 4) is 17.1 Å². The Labute approximate surface area is 201 Å². The van der Waals surface area contributed by atoms with Gasteiger partial charge in [0.15, 0.2) is 10.5 Å². The van der Waals surface area contributed by atoms with Crippen LogP contribution >= 0.6 is 28.1 Å². The summed E-state index contributed by atoms with van der Waals surface area (Å²) >= 11 is 9.48. The number of benzene rings is 3. The summed E-state index contributed by atoms with van der Waals surface area (Å²) in [4.78, 5) is 0.666. The minimum atomic E-state index is 0.666. The van der Waals surface area contributed by atoms with Gasteiger partial charge < -0.3 is 5.32 Å². The molecule has 156 valence electrons. The van der Waals surface area contributed by atoms with E-state index in [0.717, 1.165) is 38.4 Å². The first-order valence-electron chi connectivity index (χ1n) is 10.4. The molecule has 0 saturated heterocycles. The summed E-state index contributed by atoms with van der Waals surface area (Å²) in [5.74, 6) is 1.06. The Hall–Kier alpha value is -3.28. The van der Waals surface area contributed by atoms with Crippen molar-refractivity contribution < 1.29 is 4.40 Å². The molecule has 5 heteroatoms. The molecule has 3 nitrogen and oxygen atoms in total. The number of halogens is 1. The van der Waals surface area contributed by atoms with Gasteiger partial charge in [-0.1, -0.05) is 70.1 Å². The number of thiocarbonyl (C=S) groups is 1. The normalized spacial score (nSPS) is 10.9. The van der Waals surface area contributed by atoms with E-state index in [1.165, 1.54) is 5.56 Å². The predicted octanol–water partition coefficient (Wildman–Crippen LogP) is 6.74. The van der Waals surface area contributed by atoms with E-state index in [1.54, 1.807) is 0 Å². The van der Waals surface area contributed by atoms with Crippen molar-refractivity contribution in [3.63, 3.8) is 0 Å². The summed E-state index contributed by atoms with van der Waals surface area (Å²) in [5.41, 5.74) is 6.34. The van der Waals surface area contributed by atoms with E-state index in [9.17, 15) is 0 Å². The third-order valence-electron chi connectivity index (χ3n) is 5.41. The van der Waals surface area contributed by atoms with E-state index < -0.39 is 0 Å². The third-order valence-corrected chi connectivity index (χ3v) is 6.23. The summed E-state index contributed by atoms with van der Waals surface area (Å²) in [7, 11) is 0. The zero-order chi connectivity index (χ0) is 22.1. The van der Waals surface area contributed by atoms with Crippen LogP contribution in [0.1, 0.15) is 11.3 Å². The average Bonchev–Trinajstić information content (AvgIpc) is 3.17. The maximum Gasteiger partial charge on any atom is 0.299 e. The molecule has 5 aromatic rings. The number of aryl methyl sites for hydroxylation is 1. The summed E-state index contributed by atoms with van der Waals surface area (Å²) < 4.78 is 5.49. The largest absolute Gasteiger partial charge is 0.343 e. The molecule has 5 rings (SSSR count). The molecule has 32 heavy (non-hydrogen) atoms. The molecule has 2 heterocycles. The fraction of sp³-hybridized carbons (Fsp3) is 0.0370. The van der Waals surface area contributed by atoms with Gasteiger partial charge in [0.25, 0.3) is 5.82 Å². The van der Waals surface area contributed by atoms with Gasteiger partial charge in [-0.2, -0.15) is 8.97 Å². The Morgan fingerprint density at radius 2 is 1.53 bits per heavy atom. The molecule has 0 spiro atoms. The van der Waals surface area contributed by atoms with Crippen LogP contribution in [0.15, 0.2) is 108 Å². The van der Waals surface area contributed by atoms with Gasteiger partial charge in [0.2, 0.25) is 5.69 Å². The van der Waals surface area contributed by atoms with Crippen molar-refractivity contribution in [2.45, 2.75) is 6.92 Å². The van der Waals surface area contributed by atoms with E-state index in [4.69, 9.17) is 12.2 Å². The zero-order valence-corrected chi connectivity index (χ0v) is 19.9. The number of nitrogens with one attached hydrogen (secondary N) is 1. The standard InChI is InChI=1S/C27H20BrN3S/c1-19-10-16-23(17-11-19)31-25(26(32)29-22-14-12-21(28)13-15-22)24-9-5-6-18-30(24)27(31)20-7-3-2-4-8-20/h2-18H,1H3/p+1. The second-order valence-electron chi connectivity index (χ2n) is 7.63. The number of nitrogens with zero attached hydrogens (tertiary/aromatic N) is 2. The van der Waals surface area contributed by atoms with E-state index >= 15 is 0 Å². The fourth-order valence-corrected chi connectivity index (χ4v) is 4.47. The number of hydrogen-bond acceptors (Lipinski definition) is 1. The topological polar surface area (TPSA) is 21.1 Å².